The van der Waals surface area contributed by atoms with Crippen LogP contribution in [-0.2, 0) is 6.18 Å². The van der Waals surface area contributed by atoms with Gasteiger partial charge in [-0.25, -0.2) is 4.98 Å². The zero-order valence-electron chi connectivity index (χ0n) is 17.8. The van der Waals surface area contributed by atoms with Crippen LogP contribution < -0.4 is 10.1 Å². The largest absolute Gasteiger partial charge is 0.494 e. The lowest BCUT2D eigenvalue weighted by Crippen LogP contribution is -2.41. The zero-order chi connectivity index (χ0) is 23.3. The molecule has 1 amide bonds. The number of pyridine rings is 1. The fourth-order valence-corrected chi connectivity index (χ4v) is 3.81. The number of carbonyl (C=O) groups excluding carboxylic acids is 1. The van der Waals surface area contributed by atoms with Crippen LogP contribution in [0, 0.1) is 5.92 Å². The molecule has 0 atom stereocenters. The molecule has 0 spiro atoms. The second kappa shape index (κ2) is 7.77. The fourth-order valence-electron chi connectivity index (χ4n) is 3.81. The minimum atomic E-state index is -4.65. The normalized spacial score (nSPS) is 19.0. The molecule has 32 heavy (non-hydrogen) atoms. The number of benzene rings is 1. The van der Waals surface area contributed by atoms with E-state index in [9.17, 15) is 23.1 Å². The Hall–Kier alpha value is -3.14. The molecule has 0 radical (unpaired) electrons. The summed E-state index contributed by atoms with van der Waals surface area (Å²) >= 11 is 0. The SMILES string of the molecule is COc1cc2nn([C@H]3C[C@H](C(C)(C)O)C3)cc2cc1NC(=O)c1cccc(C(F)(F)F)n1. The van der Waals surface area contributed by atoms with E-state index >= 15 is 0 Å². The standard InChI is InChI=1S/C22H23F3N4O3/c1-21(2,31)13-8-14(9-13)29-11-12-7-17(18(32-3)10-16(12)28-29)27-20(30)15-5-4-6-19(26-15)22(23,24)25/h4-7,10-11,13-14,31H,8-9H2,1-3H3,(H,27,30)/t13-,14-. The third-order valence-corrected chi connectivity index (χ3v) is 5.85. The van der Waals surface area contributed by atoms with E-state index in [2.05, 4.69) is 15.4 Å². The summed E-state index contributed by atoms with van der Waals surface area (Å²) < 4.78 is 45.9. The number of aliphatic hydroxyl groups is 1. The molecule has 0 aliphatic heterocycles. The van der Waals surface area contributed by atoms with E-state index in [0.29, 0.717) is 17.0 Å². The van der Waals surface area contributed by atoms with Crippen molar-refractivity contribution in [2.45, 2.75) is 44.5 Å². The molecule has 4 rings (SSSR count). The van der Waals surface area contributed by atoms with E-state index in [1.54, 1.807) is 26.0 Å². The Labute approximate surface area is 182 Å². The molecule has 1 aliphatic rings. The Morgan fingerprint density at radius 1 is 1.25 bits per heavy atom. The minimum absolute atomic E-state index is 0.164. The van der Waals surface area contributed by atoms with Gasteiger partial charge in [0, 0.05) is 17.6 Å². The third kappa shape index (κ3) is 4.27. The van der Waals surface area contributed by atoms with Crippen molar-refractivity contribution in [2.75, 3.05) is 12.4 Å². The highest BCUT2D eigenvalue weighted by Gasteiger charge is 2.40. The molecule has 1 aromatic carbocycles. The maximum absolute atomic E-state index is 12.9. The monoisotopic (exact) mass is 448 g/mol. The molecule has 0 saturated heterocycles. The van der Waals surface area contributed by atoms with Crippen LogP contribution in [0.1, 0.15) is 48.9 Å². The number of alkyl halides is 3. The van der Waals surface area contributed by atoms with Crippen LogP contribution in [0.25, 0.3) is 10.9 Å². The molecule has 7 nitrogen and oxygen atoms in total. The van der Waals surface area contributed by atoms with E-state index in [0.717, 1.165) is 30.4 Å². The second-order valence-corrected chi connectivity index (χ2v) is 8.56. The van der Waals surface area contributed by atoms with Gasteiger partial charge in [-0.1, -0.05) is 6.07 Å². The van der Waals surface area contributed by atoms with E-state index in [1.165, 1.54) is 13.2 Å². The van der Waals surface area contributed by atoms with Crippen molar-refractivity contribution in [2.24, 2.45) is 5.92 Å². The van der Waals surface area contributed by atoms with Crippen LogP contribution in [0.4, 0.5) is 18.9 Å². The lowest BCUT2D eigenvalue weighted by molar-refractivity contribution is -0.141. The maximum Gasteiger partial charge on any atom is 0.433 e. The van der Waals surface area contributed by atoms with Gasteiger partial charge in [0.2, 0.25) is 0 Å². The lowest BCUT2D eigenvalue weighted by Gasteiger charge is -2.42. The number of nitrogens with one attached hydrogen (secondary N) is 1. The number of fused-ring (bicyclic) bond motifs is 1. The predicted molar refractivity (Wildman–Crippen MR) is 112 cm³/mol. The van der Waals surface area contributed by atoms with Gasteiger partial charge in [0.25, 0.3) is 5.91 Å². The fraction of sp³-hybridized carbons (Fsp3) is 0.409. The number of hydrogen-bond donors (Lipinski definition) is 2. The molecule has 10 heteroatoms. The van der Waals surface area contributed by atoms with Crippen LogP contribution in [0.2, 0.25) is 0 Å². The number of methoxy groups -OCH3 is 1. The Balaban J connectivity index is 1.57. The molecule has 0 bridgehead atoms. The minimum Gasteiger partial charge on any atom is -0.494 e. The van der Waals surface area contributed by atoms with E-state index in [-0.39, 0.29) is 17.7 Å². The number of rotatable bonds is 5. The topological polar surface area (TPSA) is 89.3 Å². The van der Waals surface area contributed by atoms with Crippen LogP contribution in [0.15, 0.2) is 36.5 Å². The molecule has 1 saturated carbocycles. The Bertz CT molecular complexity index is 1160. The first-order valence-corrected chi connectivity index (χ1v) is 10.1. The van der Waals surface area contributed by atoms with E-state index in [4.69, 9.17) is 4.74 Å². The summed E-state index contributed by atoms with van der Waals surface area (Å²) in [6.45, 7) is 3.60. The van der Waals surface area contributed by atoms with E-state index in [1.807, 2.05) is 10.9 Å². The first-order valence-electron chi connectivity index (χ1n) is 10.1. The molecule has 2 aromatic heterocycles. The second-order valence-electron chi connectivity index (χ2n) is 8.56. The quantitative estimate of drug-likeness (QED) is 0.603. The molecule has 0 unspecified atom stereocenters. The van der Waals surface area contributed by atoms with Crippen molar-refractivity contribution in [3.05, 3.63) is 47.9 Å². The predicted octanol–water partition coefficient (Wildman–Crippen LogP) is 4.43. The van der Waals surface area contributed by atoms with Crippen molar-refractivity contribution >= 4 is 22.5 Å². The average molecular weight is 448 g/mol. The van der Waals surface area contributed by atoms with Crippen molar-refractivity contribution in [1.29, 1.82) is 0 Å². The summed E-state index contributed by atoms with van der Waals surface area (Å²) in [4.78, 5) is 16.0. The van der Waals surface area contributed by atoms with Crippen LogP contribution in [0.5, 0.6) is 5.75 Å². The van der Waals surface area contributed by atoms with E-state index < -0.39 is 23.4 Å². The smallest absolute Gasteiger partial charge is 0.433 e. The van der Waals surface area contributed by atoms with Crippen molar-refractivity contribution in [3.63, 3.8) is 0 Å². The Morgan fingerprint density at radius 2 is 1.97 bits per heavy atom. The molecule has 2 N–H and O–H groups in total. The van der Waals surface area contributed by atoms with Gasteiger partial charge in [-0.15, -0.1) is 0 Å². The lowest BCUT2D eigenvalue weighted by atomic mass is 9.71. The van der Waals surface area contributed by atoms with Crippen molar-refractivity contribution in [1.82, 2.24) is 14.8 Å². The number of anilines is 1. The summed E-state index contributed by atoms with van der Waals surface area (Å²) in [7, 11) is 1.43. The van der Waals surface area contributed by atoms with Gasteiger partial charge in [-0.2, -0.15) is 18.3 Å². The molecule has 2 heterocycles. The first kappa shape index (κ1) is 22.1. The van der Waals surface area contributed by atoms with Gasteiger partial charge in [0.1, 0.15) is 17.1 Å². The van der Waals surface area contributed by atoms with Gasteiger partial charge in [0.15, 0.2) is 0 Å². The molecule has 3 aromatic rings. The number of amides is 1. The number of carbonyl (C=O) groups is 1. The van der Waals surface area contributed by atoms with Crippen LogP contribution in [-0.4, -0.2) is 38.5 Å². The van der Waals surface area contributed by atoms with Gasteiger partial charge < -0.3 is 15.2 Å². The van der Waals surface area contributed by atoms with Gasteiger partial charge >= 0.3 is 6.18 Å². The summed E-state index contributed by atoms with van der Waals surface area (Å²) in [5.41, 5.74) is -1.28. The van der Waals surface area contributed by atoms with Gasteiger partial charge in [-0.3, -0.25) is 9.48 Å². The molecule has 170 valence electrons. The van der Waals surface area contributed by atoms with Gasteiger partial charge in [0.05, 0.1) is 30.0 Å². The maximum atomic E-state index is 12.9. The highest BCUT2D eigenvalue weighted by Crippen LogP contribution is 2.44. The molecule has 1 fully saturated rings. The van der Waals surface area contributed by atoms with Crippen LogP contribution >= 0.6 is 0 Å². The Morgan fingerprint density at radius 3 is 2.59 bits per heavy atom. The highest BCUT2D eigenvalue weighted by molar-refractivity contribution is 6.05. The van der Waals surface area contributed by atoms with Crippen LogP contribution in [0.3, 0.4) is 0 Å². The summed E-state index contributed by atoms with van der Waals surface area (Å²) in [5.74, 6) is -0.261. The number of ether oxygens (including phenoxy) is 1. The Kier molecular flexibility index (Phi) is 5.36. The molecular formula is C22H23F3N4O3. The van der Waals surface area contributed by atoms with Crippen molar-refractivity contribution in [3.8, 4) is 5.75 Å². The number of aromatic nitrogens is 3. The number of hydrogen-bond acceptors (Lipinski definition) is 5. The first-order chi connectivity index (χ1) is 15.0. The zero-order valence-corrected chi connectivity index (χ0v) is 17.8. The highest BCUT2D eigenvalue weighted by atomic mass is 19.4. The summed E-state index contributed by atoms with van der Waals surface area (Å²) in [6.07, 6.45) is -1.19. The summed E-state index contributed by atoms with van der Waals surface area (Å²) in [6, 6.07) is 6.64. The third-order valence-electron chi connectivity index (χ3n) is 5.85. The molecule has 1 aliphatic carbocycles. The average Bonchev–Trinajstić information content (AvgIpc) is 3.06. The summed E-state index contributed by atoms with van der Waals surface area (Å²) in [5, 5.41) is 18.0. The number of nitrogens with zero attached hydrogens (tertiary/aromatic N) is 3. The number of halogens is 3. The molecular weight excluding hydrogens is 425 g/mol. The van der Waals surface area contributed by atoms with Crippen molar-refractivity contribution < 1.29 is 27.8 Å². The van der Waals surface area contributed by atoms with Gasteiger partial charge in [-0.05, 0) is 50.8 Å².